The number of hydrogen-bond acceptors (Lipinski definition) is 4. The van der Waals surface area contributed by atoms with Crippen LogP contribution in [-0.4, -0.2) is 75.8 Å². The van der Waals surface area contributed by atoms with E-state index in [-0.39, 0.29) is 17.7 Å². The van der Waals surface area contributed by atoms with E-state index in [9.17, 15) is 23.8 Å². The van der Waals surface area contributed by atoms with Gasteiger partial charge in [-0.1, -0.05) is 18.2 Å². The first kappa shape index (κ1) is 26.5. The number of hydrogen-bond donors (Lipinski definition) is 3. The average molecular weight is 524 g/mol. The molecule has 5 rings (SSSR count). The van der Waals surface area contributed by atoms with Crippen LogP contribution in [0.4, 0.5) is 8.78 Å². The van der Waals surface area contributed by atoms with Gasteiger partial charge in [-0.15, -0.1) is 0 Å². The Bertz CT molecular complexity index is 1300. The number of aromatic nitrogens is 1. The standard InChI is InChI=1S/C30H35F2N3O3/c1-19-3-2-4-25-26(16-33-30(19)25)24-9-10-34(18-28(24)37)17-27(36)21-7-11-35(12-8-21)29(38)6-5-20-13-22(31)15-23(32)14-20/h2-6,13-16,21,24,27-28,33,36-37H,7-12,17-18H2,1H3/b6-5+/t24-,27?,28-/m1/s1. The van der Waals surface area contributed by atoms with Gasteiger partial charge in [0.1, 0.15) is 11.6 Å². The Balaban J connectivity index is 1.10. The smallest absolute Gasteiger partial charge is 0.246 e. The third-order valence-electron chi connectivity index (χ3n) is 8.17. The number of carbonyl (C=O) groups excluding carboxylic acids is 1. The van der Waals surface area contributed by atoms with Crippen LogP contribution in [0.5, 0.6) is 0 Å². The highest BCUT2D eigenvalue weighted by Gasteiger charge is 2.33. The van der Waals surface area contributed by atoms with E-state index < -0.39 is 23.8 Å². The summed E-state index contributed by atoms with van der Waals surface area (Å²) in [5, 5.41) is 23.1. The second kappa shape index (κ2) is 11.4. The van der Waals surface area contributed by atoms with Crippen LogP contribution in [0.15, 0.2) is 48.7 Å². The lowest BCUT2D eigenvalue weighted by molar-refractivity contribution is -0.128. The Labute approximate surface area is 221 Å². The Morgan fingerprint density at radius 3 is 2.58 bits per heavy atom. The summed E-state index contributed by atoms with van der Waals surface area (Å²) in [5.41, 5.74) is 3.77. The molecular formula is C30H35F2N3O3. The highest BCUT2D eigenvalue weighted by atomic mass is 19.1. The maximum Gasteiger partial charge on any atom is 0.246 e. The number of amides is 1. The molecule has 3 atom stereocenters. The molecule has 1 amide bonds. The van der Waals surface area contributed by atoms with Crippen molar-refractivity contribution in [1.29, 1.82) is 0 Å². The van der Waals surface area contributed by atoms with E-state index in [0.717, 1.165) is 30.1 Å². The number of carbonyl (C=O) groups is 1. The molecule has 3 N–H and O–H groups in total. The monoisotopic (exact) mass is 523 g/mol. The number of aromatic amines is 1. The Hall–Kier alpha value is -3.07. The van der Waals surface area contributed by atoms with Gasteiger partial charge in [0.2, 0.25) is 5.91 Å². The Morgan fingerprint density at radius 2 is 1.87 bits per heavy atom. The van der Waals surface area contributed by atoms with Crippen molar-refractivity contribution in [2.45, 2.75) is 44.3 Å². The molecule has 2 aliphatic rings. The largest absolute Gasteiger partial charge is 0.392 e. The topological polar surface area (TPSA) is 79.8 Å². The van der Waals surface area contributed by atoms with Crippen LogP contribution in [0.2, 0.25) is 0 Å². The molecule has 3 aromatic rings. The van der Waals surface area contributed by atoms with Crippen molar-refractivity contribution < 1.29 is 23.8 Å². The normalized spacial score (nSPS) is 22.4. The van der Waals surface area contributed by atoms with Crippen molar-refractivity contribution in [1.82, 2.24) is 14.8 Å². The zero-order valence-corrected chi connectivity index (χ0v) is 21.6. The molecule has 2 aliphatic heterocycles. The number of benzene rings is 2. The third-order valence-corrected chi connectivity index (χ3v) is 8.17. The van der Waals surface area contributed by atoms with E-state index in [1.54, 1.807) is 4.90 Å². The van der Waals surface area contributed by atoms with Crippen molar-refractivity contribution in [2.75, 3.05) is 32.7 Å². The van der Waals surface area contributed by atoms with Crippen LogP contribution >= 0.6 is 0 Å². The molecule has 1 unspecified atom stereocenters. The summed E-state index contributed by atoms with van der Waals surface area (Å²) in [5.74, 6) is -1.44. The van der Waals surface area contributed by atoms with Gasteiger partial charge in [0.15, 0.2) is 0 Å². The quantitative estimate of drug-likeness (QED) is 0.423. The van der Waals surface area contributed by atoms with Crippen molar-refractivity contribution >= 4 is 22.9 Å². The van der Waals surface area contributed by atoms with E-state index in [1.807, 2.05) is 12.3 Å². The molecule has 0 radical (unpaired) electrons. The number of H-pyrrole nitrogens is 1. The fourth-order valence-corrected chi connectivity index (χ4v) is 6.02. The maximum atomic E-state index is 13.4. The van der Waals surface area contributed by atoms with Gasteiger partial charge >= 0.3 is 0 Å². The van der Waals surface area contributed by atoms with Crippen molar-refractivity contribution in [2.24, 2.45) is 5.92 Å². The fraction of sp³-hybridized carbons (Fsp3) is 0.433. The van der Waals surface area contributed by atoms with Crippen LogP contribution < -0.4 is 0 Å². The van der Waals surface area contributed by atoms with Gasteiger partial charge < -0.3 is 20.1 Å². The summed E-state index contributed by atoms with van der Waals surface area (Å²) >= 11 is 0. The van der Waals surface area contributed by atoms with Crippen LogP contribution in [0.25, 0.3) is 17.0 Å². The fourth-order valence-electron chi connectivity index (χ4n) is 6.02. The molecule has 0 saturated carbocycles. The van der Waals surface area contributed by atoms with E-state index in [0.29, 0.717) is 44.6 Å². The number of nitrogens with zero attached hydrogens (tertiary/aromatic N) is 2. The molecule has 0 aliphatic carbocycles. The highest BCUT2D eigenvalue weighted by molar-refractivity contribution is 5.91. The summed E-state index contributed by atoms with van der Waals surface area (Å²) in [4.78, 5) is 19.8. The number of likely N-dealkylation sites (tertiary alicyclic amines) is 2. The van der Waals surface area contributed by atoms with Crippen LogP contribution in [0.1, 0.15) is 41.9 Å². The minimum absolute atomic E-state index is 0.0603. The zero-order chi connectivity index (χ0) is 26.8. The predicted octanol–water partition coefficient (Wildman–Crippen LogP) is 4.22. The lowest BCUT2D eigenvalue weighted by atomic mass is 9.85. The van der Waals surface area contributed by atoms with E-state index >= 15 is 0 Å². The maximum absolute atomic E-state index is 13.4. The van der Waals surface area contributed by atoms with Gasteiger partial charge in [0.05, 0.1) is 12.2 Å². The molecule has 1 aromatic heterocycles. The summed E-state index contributed by atoms with van der Waals surface area (Å²) in [6.07, 6.45) is 5.94. The molecule has 38 heavy (non-hydrogen) atoms. The van der Waals surface area contributed by atoms with Crippen molar-refractivity contribution in [3.05, 3.63) is 77.0 Å². The molecule has 3 heterocycles. The molecule has 0 bridgehead atoms. The minimum atomic E-state index is -0.684. The number of fused-ring (bicyclic) bond motifs is 1. The summed E-state index contributed by atoms with van der Waals surface area (Å²) in [7, 11) is 0. The van der Waals surface area contributed by atoms with Gasteiger partial charge in [-0.25, -0.2) is 8.78 Å². The van der Waals surface area contributed by atoms with Gasteiger partial charge in [-0.05, 0) is 73.5 Å². The van der Waals surface area contributed by atoms with Crippen LogP contribution in [0, 0.1) is 24.5 Å². The molecule has 2 aromatic carbocycles. The summed E-state index contributed by atoms with van der Waals surface area (Å²) in [6.45, 7) is 4.94. The van der Waals surface area contributed by atoms with Crippen molar-refractivity contribution in [3.8, 4) is 0 Å². The lowest BCUT2D eigenvalue weighted by Crippen LogP contribution is -2.48. The number of para-hydroxylation sites is 1. The molecule has 8 heteroatoms. The molecular weight excluding hydrogens is 488 g/mol. The molecule has 2 saturated heterocycles. The average Bonchev–Trinajstić information content (AvgIpc) is 3.32. The molecule has 202 valence electrons. The van der Waals surface area contributed by atoms with Gasteiger partial charge in [0, 0.05) is 61.3 Å². The first-order valence-corrected chi connectivity index (χ1v) is 13.4. The van der Waals surface area contributed by atoms with Gasteiger partial charge in [-0.3, -0.25) is 9.69 Å². The minimum Gasteiger partial charge on any atom is -0.392 e. The predicted molar refractivity (Wildman–Crippen MR) is 144 cm³/mol. The first-order valence-electron chi connectivity index (χ1n) is 13.4. The SMILES string of the molecule is Cc1cccc2c([C@H]3CCN(CC(O)C4CCN(C(=O)/C=C/c5cc(F)cc(F)c5)CC4)C[C@H]3O)c[nH]c12. The number of halogens is 2. The van der Waals surface area contributed by atoms with Gasteiger partial charge in [0.25, 0.3) is 0 Å². The second-order valence-electron chi connectivity index (χ2n) is 10.7. The summed E-state index contributed by atoms with van der Waals surface area (Å²) in [6, 6.07) is 9.38. The number of aliphatic hydroxyl groups excluding tert-OH is 2. The van der Waals surface area contributed by atoms with E-state index in [1.165, 1.54) is 35.2 Å². The Morgan fingerprint density at radius 1 is 1.13 bits per heavy atom. The zero-order valence-electron chi connectivity index (χ0n) is 21.6. The lowest BCUT2D eigenvalue weighted by Gasteiger charge is -2.39. The molecule has 2 fully saturated rings. The van der Waals surface area contributed by atoms with Crippen LogP contribution in [-0.2, 0) is 4.79 Å². The van der Waals surface area contributed by atoms with Crippen LogP contribution in [0.3, 0.4) is 0 Å². The molecule has 6 nitrogen and oxygen atoms in total. The molecule has 0 spiro atoms. The number of rotatable bonds is 6. The Kier molecular flexibility index (Phi) is 7.93. The van der Waals surface area contributed by atoms with E-state index in [2.05, 4.69) is 28.9 Å². The number of β-amino-alcohol motifs (C(OH)–C–C–N with tert-alkyl or cyclic N) is 2. The number of nitrogens with one attached hydrogen (secondary N) is 1. The summed E-state index contributed by atoms with van der Waals surface area (Å²) < 4.78 is 26.7. The number of aliphatic hydroxyl groups is 2. The first-order chi connectivity index (χ1) is 18.3. The van der Waals surface area contributed by atoms with E-state index in [4.69, 9.17) is 0 Å². The van der Waals surface area contributed by atoms with Gasteiger partial charge in [-0.2, -0.15) is 0 Å². The third kappa shape index (κ3) is 5.82. The van der Waals surface area contributed by atoms with Crippen molar-refractivity contribution in [3.63, 3.8) is 0 Å². The second-order valence-corrected chi connectivity index (χ2v) is 10.7. The highest BCUT2D eigenvalue weighted by Crippen LogP contribution is 2.34. The number of aryl methyl sites for hydroxylation is 1. The number of piperidine rings is 2.